The lowest BCUT2D eigenvalue weighted by molar-refractivity contribution is -0.141. The van der Waals surface area contributed by atoms with Crippen LogP contribution < -0.4 is 16.0 Å². The maximum absolute atomic E-state index is 13.7. The minimum atomic E-state index is -1.01. The number of carbonyl (C=O) groups is 5. The van der Waals surface area contributed by atoms with Gasteiger partial charge in [-0.25, -0.2) is 0 Å². The highest BCUT2D eigenvalue weighted by Gasteiger charge is 2.45. The quantitative estimate of drug-likeness (QED) is 0.227. The maximum atomic E-state index is 13.7. The Morgan fingerprint density at radius 1 is 1.03 bits per heavy atom. The first-order valence-corrected chi connectivity index (χ1v) is 13.0. The number of unbranched alkanes of at least 4 members (excludes halogenated alkanes) is 5. The molecule has 0 saturated carbocycles. The van der Waals surface area contributed by atoms with Crippen molar-refractivity contribution in [2.45, 2.75) is 69.9 Å². The van der Waals surface area contributed by atoms with Crippen LogP contribution in [-0.4, -0.2) is 59.6 Å². The van der Waals surface area contributed by atoms with Crippen molar-refractivity contribution in [3.05, 3.63) is 47.0 Å². The molecule has 4 rings (SSSR count). The van der Waals surface area contributed by atoms with Gasteiger partial charge in [-0.1, -0.05) is 50.0 Å². The van der Waals surface area contributed by atoms with E-state index in [2.05, 4.69) is 16.0 Å². The molecule has 0 radical (unpaired) electrons. The largest absolute Gasteiger partial charge is 0.359 e. The van der Waals surface area contributed by atoms with Crippen LogP contribution in [0.4, 0.5) is 0 Å². The van der Waals surface area contributed by atoms with Crippen LogP contribution in [0.1, 0.15) is 79.8 Å². The van der Waals surface area contributed by atoms with E-state index >= 15 is 0 Å². The maximum Gasteiger partial charge on any atom is 0.262 e. The number of nitrogens with zero attached hydrogens (tertiary/aromatic N) is 1. The van der Waals surface area contributed by atoms with E-state index in [-0.39, 0.29) is 12.8 Å². The number of carbonyl (C=O) groups excluding carboxylic acids is 5. The van der Waals surface area contributed by atoms with Crippen LogP contribution in [0.15, 0.2) is 30.4 Å². The molecule has 1 aromatic carbocycles. The molecule has 9 heteroatoms. The Bertz CT molecular complexity index is 1160. The Kier molecular flexibility index (Phi) is 8.33. The van der Waals surface area contributed by atoms with E-state index in [1.807, 2.05) is 31.2 Å². The first-order chi connectivity index (χ1) is 17.8. The molecule has 2 atom stereocenters. The Labute approximate surface area is 216 Å². The Morgan fingerprint density at radius 2 is 1.76 bits per heavy atom. The van der Waals surface area contributed by atoms with E-state index in [9.17, 15) is 24.0 Å². The standard InChI is InChI=1S/C28H34N4O5/c1-28(30-16-7-5-3-2-4-6-15-29-18-33)14-13-19-9-8-10-20-24(19)21(17-28)27(37)32(26(20)36)22-11-12-23(34)31-25(22)35/h8-10,13-14,17-18,22,30H,2-7,11-12,15-16H2,1H3,(H,29,33)(H,31,34,35). The van der Waals surface area contributed by atoms with Crippen molar-refractivity contribution < 1.29 is 24.0 Å². The van der Waals surface area contributed by atoms with Crippen LogP contribution in [0.2, 0.25) is 0 Å². The summed E-state index contributed by atoms with van der Waals surface area (Å²) in [5.74, 6) is -2.04. The smallest absolute Gasteiger partial charge is 0.262 e. The number of imide groups is 2. The fourth-order valence-electron chi connectivity index (χ4n) is 5.19. The molecule has 2 heterocycles. The highest BCUT2D eigenvalue weighted by atomic mass is 16.2. The van der Waals surface area contributed by atoms with Crippen LogP contribution in [-0.2, 0) is 19.2 Å². The zero-order valence-electron chi connectivity index (χ0n) is 21.2. The molecule has 1 fully saturated rings. The zero-order chi connectivity index (χ0) is 26.4. The molecule has 5 amide bonds. The SMILES string of the molecule is CC1(NCCCCCCCCNC=O)C=Cc2cccc3c2C(=C1)C(=O)N(C1CCC(=O)NC1=O)C3=O. The molecule has 3 N–H and O–H groups in total. The van der Waals surface area contributed by atoms with Crippen molar-refractivity contribution in [1.82, 2.24) is 20.9 Å². The second-order valence-electron chi connectivity index (χ2n) is 10.0. The minimum Gasteiger partial charge on any atom is -0.359 e. The molecule has 3 aliphatic rings. The average Bonchev–Trinajstić information content (AvgIpc) is 3.03. The van der Waals surface area contributed by atoms with E-state index in [0.29, 0.717) is 16.7 Å². The zero-order valence-corrected chi connectivity index (χ0v) is 21.2. The highest BCUT2D eigenvalue weighted by molar-refractivity contribution is 6.33. The highest BCUT2D eigenvalue weighted by Crippen LogP contribution is 2.37. The fraction of sp³-hybridized carbons (Fsp3) is 0.464. The molecular weight excluding hydrogens is 472 g/mol. The normalized spacial score (nSPS) is 22.8. The van der Waals surface area contributed by atoms with Gasteiger partial charge in [0.15, 0.2) is 0 Å². The van der Waals surface area contributed by atoms with Gasteiger partial charge >= 0.3 is 0 Å². The van der Waals surface area contributed by atoms with Crippen LogP contribution in [0, 0.1) is 0 Å². The number of piperidine rings is 1. The number of hydrogen-bond donors (Lipinski definition) is 3. The van der Waals surface area contributed by atoms with E-state index in [1.165, 1.54) is 0 Å². The van der Waals surface area contributed by atoms with E-state index in [1.54, 1.807) is 12.1 Å². The predicted octanol–water partition coefficient (Wildman–Crippen LogP) is 2.32. The molecule has 2 unspecified atom stereocenters. The van der Waals surface area contributed by atoms with Gasteiger partial charge in [0.05, 0.1) is 5.54 Å². The number of nitrogens with one attached hydrogen (secondary N) is 3. The van der Waals surface area contributed by atoms with Gasteiger partial charge in [0.2, 0.25) is 18.2 Å². The molecule has 0 bridgehead atoms. The Balaban J connectivity index is 1.47. The van der Waals surface area contributed by atoms with Crippen LogP contribution in [0.5, 0.6) is 0 Å². The van der Waals surface area contributed by atoms with Crippen LogP contribution in [0.3, 0.4) is 0 Å². The summed E-state index contributed by atoms with van der Waals surface area (Å²) in [6.07, 6.45) is 13.1. The first kappa shape index (κ1) is 26.5. The molecule has 196 valence electrons. The monoisotopic (exact) mass is 506 g/mol. The van der Waals surface area contributed by atoms with Gasteiger partial charge in [-0.2, -0.15) is 0 Å². The lowest BCUT2D eigenvalue weighted by Gasteiger charge is -2.36. The first-order valence-electron chi connectivity index (χ1n) is 13.0. The summed E-state index contributed by atoms with van der Waals surface area (Å²) < 4.78 is 0. The van der Waals surface area contributed by atoms with Gasteiger partial charge in [0.1, 0.15) is 6.04 Å². The Hall–Kier alpha value is -3.59. The molecule has 9 nitrogen and oxygen atoms in total. The molecule has 1 aromatic rings. The average molecular weight is 507 g/mol. The van der Waals surface area contributed by atoms with Crippen molar-refractivity contribution in [2.75, 3.05) is 13.1 Å². The van der Waals surface area contributed by atoms with Gasteiger partial charge in [-0.15, -0.1) is 0 Å². The van der Waals surface area contributed by atoms with Crippen molar-refractivity contribution in [2.24, 2.45) is 0 Å². The Morgan fingerprint density at radius 3 is 2.49 bits per heavy atom. The lowest BCUT2D eigenvalue weighted by atomic mass is 9.87. The second kappa shape index (κ2) is 11.6. The van der Waals surface area contributed by atoms with Crippen LogP contribution >= 0.6 is 0 Å². The molecular formula is C28H34N4O5. The molecule has 0 spiro atoms. The summed E-state index contributed by atoms with van der Waals surface area (Å²) in [7, 11) is 0. The minimum absolute atomic E-state index is 0.0792. The molecule has 0 aromatic heterocycles. The predicted molar refractivity (Wildman–Crippen MR) is 139 cm³/mol. The third-order valence-electron chi connectivity index (χ3n) is 7.18. The van der Waals surface area contributed by atoms with Crippen LogP contribution in [0.25, 0.3) is 11.6 Å². The summed E-state index contributed by atoms with van der Waals surface area (Å²) in [6.45, 7) is 3.46. The van der Waals surface area contributed by atoms with Gasteiger partial charge in [-0.05, 0) is 50.4 Å². The summed E-state index contributed by atoms with van der Waals surface area (Å²) in [6, 6.07) is 4.32. The summed E-state index contributed by atoms with van der Waals surface area (Å²) in [5.41, 5.74) is 1.51. The summed E-state index contributed by atoms with van der Waals surface area (Å²) in [4.78, 5) is 62.6. The topological polar surface area (TPSA) is 125 Å². The number of rotatable bonds is 12. The number of amides is 5. The van der Waals surface area contributed by atoms with Crippen molar-refractivity contribution in [1.29, 1.82) is 0 Å². The molecule has 1 saturated heterocycles. The number of hydrogen-bond acceptors (Lipinski definition) is 6. The lowest BCUT2D eigenvalue weighted by Crippen LogP contribution is -2.57. The summed E-state index contributed by atoms with van der Waals surface area (Å²) in [5, 5.41) is 8.48. The number of benzene rings is 1. The fourth-order valence-corrected chi connectivity index (χ4v) is 5.19. The van der Waals surface area contributed by atoms with Crippen molar-refractivity contribution in [3.63, 3.8) is 0 Å². The van der Waals surface area contributed by atoms with Gasteiger partial charge < -0.3 is 10.6 Å². The third-order valence-corrected chi connectivity index (χ3v) is 7.18. The van der Waals surface area contributed by atoms with E-state index in [4.69, 9.17) is 0 Å². The van der Waals surface area contributed by atoms with Crippen molar-refractivity contribution >= 4 is 41.7 Å². The second-order valence-corrected chi connectivity index (χ2v) is 10.0. The van der Waals surface area contributed by atoms with Crippen molar-refractivity contribution in [3.8, 4) is 0 Å². The van der Waals surface area contributed by atoms with Gasteiger partial charge in [0, 0.05) is 29.7 Å². The molecule has 2 aliphatic heterocycles. The van der Waals surface area contributed by atoms with Gasteiger partial charge in [0.25, 0.3) is 11.8 Å². The van der Waals surface area contributed by atoms with E-state index < -0.39 is 35.2 Å². The third kappa shape index (κ3) is 5.88. The van der Waals surface area contributed by atoms with Gasteiger partial charge in [-0.3, -0.25) is 34.2 Å². The summed E-state index contributed by atoms with van der Waals surface area (Å²) >= 11 is 0. The van der Waals surface area contributed by atoms with E-state index in [0.717, 1.165) is 68.5 Å². The molecule has 1 aliphatic carbocycles. The molecule has 37 heavy (non-hydrogen) atoms.